The van der Waals surface area contributed by atoms with Crippen molar-refractivity contribution in [1.29, 1.82) is 0 Å². The van der Waals surface area contributed by atoms with Gasteiger partial charge in [-0.15, -0.1) is 0 Å². The zero-order chi connectivity index (χ0) is 29.1. The number of likely N-dealkylation sites (tertiary alicyclic amines) is 1. The van der Waals surface area contributed by atoms with Crippen molar-refractivity contribution in [3.63, 3.8) is 0 Å². The molecule has 218 valence electrons. The quantitative estimate of drug-likeness (QED) is 0.445. The van der Waals surface area contributed by atoms with Crippen LogP contribution in [0.25, 0.3) is 0 Å². The molecule has 0 atom stereocenters. The summed E-state index contributed by atoms with van der Waals surface area (Å²) < 4.78 is 31.3. The number of rotatable bonds is 9. The van der Waals surface area contributed by atoms with Crippen molar-refractivity contribution in [2.75, 3.05) is 46.4 Å². The van der Waals surface area contributed by atoms with Gasteiger partial charge in [-0.3, -0.25) is 9.69 Å². The SMILES string of the molecule is Cc1ccc(OC2CCN(C(=O)CN(C)CCCC3(c4ccc(F)cc4)OCCO3)CC2)cc1.O=C(O)C(=O)O. The van der Waals surface area contributed by atoms with Gasteiger partial charge >= 0.3 is 11.9 Å². The molecule has 11 heteroatoms. The first-order chi connectivity index (χ1) is 19.1. The van der Waals surface area contributed by atoms with Crippen LogP contribution in [0.4, 0.5) is 4.39 Å². The van der Waals surface area contributed by atoms with E-state index in [2.05, 4.69) is 19.1 Å². The smallest absolute Gasteiger partial charge is 0.414 e. The summed E-state index contributed by atoms with van der Waals surface area (Å²) in [5, 5.41) is 14.8. The van der Waals surface area contributed by atoms with Gasteiger partial charge in [-0.25, -0.2) is 14.0 Å². The molecule has 0 aliphatic carbocycles. The molecule has 1 amide bonds. The Morgan fingerprint density at radius 3 is 2.12 bits per heavy atom. The number of aryl methyl sites for hydroxylation is 1. The Kier molecular flexibility index (Phi) is 11.4. The lowest BCUT2D eigenvalue weighted by molar-refractivity contribution is -0.172. The Hall–Kier alpha value is -3.54. The van der Waals surface area contributed by atoms with Crippen molar-refractivity contribution >= 4 is 17.8 Å². The molecule has 40 heavy (non-hydrogen) atoms. The molecule has 0 bridgehead atoms. The third kappa shape index (κ3) is 9.29. The summed E-state index contributed by atoms with van der Waals surface area (Å²) in [5.74, 6) is -3.70. The molecule has 2 saturated heterocycles. The number of carbonyl (C=O) groups is 3. The number of ether oxygens (including phenoxy) is 3. The number of hydrogen-bond donors (Lipinski definition) is 2. The zero-order valence-electron chi connectivity index (χ0n) is 22.9. The number of hydrogen-bond acceptors (Lipinski definition) is 7. The molecular formula is C29H37FN2O8. The monoisotopic (exact) mass is 560 g/mol. The molecule has 0 unspecified atom stereocenters. The van der Waals surface area contributed by atoms with Gasteiger partial charge in [0.05, 0.1) is 19.8 Å². The predicted molar refractivity (Wildman–Crippen MR) is 143 cm³/mol. The van der Waals surface area contributed by atoms with Crippen molar-refractivity contribution in [2.45, 2.75) is 44.5 Å². The number of halogens is 1. The Bertz CT molecular complexity index is 1100. The molecule has 0 spiro atoms. The number of nitrogens with zero attached hydrogens (tertiary/aromatic N) is 2. The molecule has 2 N–H and O–H groups in total. The average molecular weight is 561 g/mol. The highest BCUT2D eigenvalue weighted by molar-refractivity contribution is 6.27. The molecular weight excluding hydrogens is 523 g/mol. The predicted octanol–water partition coefficient (Wildman–Crippen LogP) is 3.27. The average Bonchev–Trinajstić information content (AvgIpc) is 3.41. The molecule has 2 heterocycles. The van der Waals surface area contributed by atoms with Crippen molar-refractivity contribution in [1.82, 2.24) is 9.80 Å². The minimum absolute atomic E-state index is 0.151. The zero-order valence-corrected chi connectivity index (χ0v) is 22.9. The maximum absolute atomic E-state index is 13.3. The molecule has 0 radical (unpaired) electrons. The molecule has 2 aromatic rings. The standard InChI is InChI=1S/C27H35FN2O4.C2H2O4/c1-21-4-10-24(11-5-21)34-25-12-16-30(17-13-25)26(31)20-29(2)15-3-14-27(32-18-19-33-27)22-6-8-23(28)9-7-22;3-1(4)2(5)6/h4-11,25H,3,12-20H2,1-2H3;(H,3,4)(H,5,6). The van der Waals surface area contributed by atoms with E-state index in [-0.39, 0.29) is 17.8 Å². The highest BCUT2D eigenvalue weighted by Crippen LogP contribution is 2.36. The van der Waals surface area contributed by atoms with Crippen LogP contribution in [0.5, 0.6) is 5.75 Å². The normalized spacial score (nSPS) is 16.8. The van der Waals surface area contributed by atoms with E-state index in [1.54, 1.807) is 12.1 Å². The third-order valence-electron chi connectivity index (χ3n) is 6.79. The molecule has 4 rings (SSSR count). The van der Waals surface area contributed by atoms with Gasteiger partial charge in [0.2, 0.25) is 5.91 Å². The van der Waals surface area contributed by atoms with Crippen LogP contribution in [0.3, 0.4) is 0 Å². The number of likely N-dealkylation sites (N-methyl/N-ethyl adjacent to an activating group) is 1. The number of piperidine rings is 1. The van der Waals surface area contributed by atoms with E-state index in [9.17, 15) is 9.18 Å². The molecule has 0 aromatic heterocycles. The van der Waals surface area contributed by atoms with Crippen molar-refractivity contribution in [3.8, 4) is 5.75 Å². The summed E-state index contributed by atoms with van der Waals surface area (Å²) in [6, 6.07) is 14.4. The van der Waals surface area contributed by atoms with Crippen LogP contribution < -0.4 is 4.74 Å². The highest BCUT2D eigenvalue weighted by atomic mass is 19.1. The molecule has 10 nitrogen and oxygen atoms in total. The first kappa shape index (κ1) is 31.0. The summed E-state index contributed by atoms with van der Waals surface area (Å²) in [6.45, 7) is 5.68. The molecule has 2 aromatic carbocycles. The number of carboxylic acid groups (broad SMARTS) is 2. The second kappa shape index (κ2) is 14.7. The van der Waals surface area contributed by atoms with Gasteiger partial charge in [-0.1, -0.05) is 29.8 Å². The Balaban J connectivity index is 0.000000663. The van der Waals surface area contributed by atoms with Crippen molar-refractivity contribution < 1.29 is 43.2 Å². The van der Waals surface area contributed by atoms with Gasteiger partial charge in [0.1, 0.15) is 17.7 Å². The van der Waals surface area contributed by atoms with Crippen LogP contribution >= 0.6 is 0 Å². The Labute approximate surface area is 233 Å². The number of amides is 1. The maximum atomic E-state index is 13.3. The van der Waals surface area contributed by atoms with E-state index in [0.29, 0.717) is 26.2 Å². The largest absolute Gasteiger partial charge is 0.490 e. The second-order valence-corrected chi connectivity index (χ2v) is 9.92. The molecule has 2 fully saturated rings. The van der Waals surface area contributed by atoms with Gasteiger partial charge in [-0.05, 0) is 51.2 Å². The van der Waals surface area contributed by atoms with E-state index in [1.807, 2.05) is 29.0 Å². The van der Waals surface area contributed by atoms with Gasteiger partial charge in [0, 0.05) is 37.9 Å². The van der Waals surface area contributed by atoms with Gasteiger partial charge < -0.3 is 29.3 Å². The Morgan fingerprint density at radius 2 is 1.57 bits per heavy atom. The fraction of sp³-hybridized carbons (Fsp3) is 0.483. The second-order valence-electron chi connectivity index (χ2n) is 9.92. The van der Waals surface area contributed by atoms with Crippen molar-refractivity contribution in [2.24, 2.45) is 0 Å². The van der Waals surface area contributed by atoms with Gasteiger partial charge in [-0.2, -0.15) is 0 Å². The van der Waals surface area contributed by atoms with Crippen LogP contribution in [-0.4, -0.2) is 90.4 Å². The van der Waals surface area contributed by atoms with E-state index in [4.69, 9.17) is 34.0 Å². The van der Waals surface area contributed by atoms with Gasteiger partial charge in [0.15, 0.2) is 5.79 Å². The van der Waals surface area contributed by atoms with Gasteiger partial charge in [0.25, 0.3) is 0 Å². The molecule has 2 aliphatic rings. The van der Waals surface area contributed by atoms with Crippen molar-refractivity contribution in [3.05, 3.63) is 65.5 Å². The van der Waals surface area contributed by atoms with E-state index >= 15 is 0 Å². The van der Waals surface area contributed by atoms with Crippen LogP contribution in [0.15, 0.2) is 48.5 Å². The van der Waals surface area contributed by atoms with E-state index < -0.39 is 17.7 Å². The first-order valence-corrected chi connectivity index (χ1v) is 13.3. The lowest BCUT2D eigenvalue weighted by Gasteiger charge is -2.33. The lowest BCUT2D eigenvalue weighted by atomic mass is 10.0. The van der Waals surface area contributed by atoms with Crippen LogP contribution in [0.2, 0.25) is 0 Å². The lowest BCUT2D eigenvalue weighted by Crippen LogP contribution is -2.45. The summed E-state index contributed by atoms with van der Waals surface area (Å²) in [5.41, 5.74) is 2.05. The highest BCUT2D eigenvalue weighted by Gasteiger charge is 2.38. The molecule has 2 aliphatic heterocycles. The summed E-state index contributed by atoms with van der Waals surface area (Å²) in [7, 11) is 1.96. The summed E-state index contributed by atoms with van der Waals surface area (Å²) >= 11 is 0. The third-order valence-corrected chi connectivity index (χ3v) is 6.79. The van der Waals surface area contributed by atoms with E-state index in [0.717, 1.165) is 50.2 Å². The topological polar surface area (TPSA) is 126 Å². The number of benzene rings is 2. The van der Waals surface area contributed by atoms with E-state index in [1.165, 1.54) is 17.7 Å². The first-order valence-electron chi connectivity index (χ1n) is 13.3. The fourth-order valence-corrected chi connectivity index (χ4v) is 4.64. The number of carboxylic acids is 2. The number of carbonyl (C=O) groups excluding carboxylic acids is 1. The number of aliphatic carboxylic acids is 2. The van der Waals surface area contributed by atoms with Crippen LogP contribution in [-0.2, 0) is 29.6 Å². The summed E-state index contributed by atoms with van der Waals surface area (Å²) in [4.78, 5) is 35.0. The minimum Gasteiger partial charge on any atom is -0.490 e. The fourth-order valence-electron chi connectivity index (χ4n) is 4.64. The van der Waals surface area contributed by atoms with Crippen LogP contribution in [0, 0.1) is 12.7 Å². The minimum atomic E-state index is -1.82. The molecule has 0 saturated carbocycles. The Morgan fingerprint density at radius 1 is 1.00 bits per heavy atom. The van der Waals surface area contributed by atoms with Crippen LogP contribution in [0.1, 0.15) is 36.8 Å². The maximum Gasteiger partial charge on any atom is 0.414 e. The summed E-state index contributed by atoms with van der Waals surface area (Å²) in [6.07, 6.45) is 3.29.